The molecule has 0 amide bonds. The Morgan fingerprint density at radius 1 is 1.56 bits per heavy atom. The monoisotopic (exact) mass is 127 g/mol. The predicted octanol–water partition coefficient (Wildman–Crippen LogP) is 2.25. The maximum atomic E-state index is 2.26. The van der Waals surface area contributed by atoms with Crippen LogP contribution in [-0.4, -0.2) is 18.5 Å². The molecule has 0 N–H and O–H groups in total. The summed E-state index contributed by atoms with van der Waals surface area (Å²) in [6.07, 6.45) is 3.36. The molecular weight excluding hydrogens is 110 g/mol. The van der Waals surface area contributed by atoms with E-state index in [1.807, 2.05) is 0 Å². The molecular formula is C8H17N. The number of rotatable bonds is 3. The first-order valence-corrected chi connectivity index (χ1v) is 3.56. The maximum absolute atomic E-state index is 2.26. The minimum atomic E-state index is 1.16. The van der Waals surface area contributed by atoms with Crippen molar-refractivity contribution < 1.29 is 0 Å². The highest BCUT2D eigenvalue weighted by Gasteiger charge is 1.92. The lowest BCUT2D eigenvalue weighted by Gasteiger charge is -2.17. The van der Waals surface area contributed by atoms with Crippen LogP contribution in [0.4, 0.5) is 0 Å². The van der Waals surface area contributed by atoms with E-state index in [1.54, 1.807) is 0 Å². The summed E-state index contributed by atoms with van der Waals surface area (Å²) in [6.45, 7) is 7.56. The molecule has 0 saturated heterocycles. The summed E-state index contributed by atoms with van der Waals surface area (Å²) in [5, 5.41) is 0. The highest BCUT2D eigenvalue weighted by atomic mass is 15.1. The zero-order valence-corrected chi connectivity index (χ0v) is 6.94. The van der Waals surface area contributed by atoms with Crippen molar-refractivity contribution in [2.24, 2.45) is 0 Å². The van der Waals surface area contributed by atoms with Crippen molar-refractivity contribution in [1.82, 2.24) is 4.90 Å². The van der Waals surface area contributed by atoms with Crippen LogP contribution in [0.25, 0.3) is 0 Å². The van der Waals surface area contributed by atoms with E-state index in [0.29, 0.717) is 0 Å². The molecule has 0 aromatic heterocycles. The van der Waals surface area contributed by atoms with Gasteiger partial charge in [0.1, 0.15) is 0 Å². The number of hydrogen-bond donors (Lipinski definition) is 0. The van der Waals surface area contributed by atoms with Crippen LogP contribution in [0, 0.1) is 0 Å². The van der Waals surface area contributed by atoms with E-state index in [-0.39, 0.29) is 0 Å². The zero-order chi connectivity index (χ0) is 7.28. The van der Waals surface area contributed by atoms with Gasteiger partial charge in [0.15, 0.2) is 0 Å². The molecule has 0 aromatic carbocycles. The fourth-order valence-electron chi connectivity index (χ4n) is 0.732. The molecule has 0 aliphatic carbocycles. The molecule has 0 radical (unpaired) electrons. The lowest BCUT2D eigenvalue weighted by Crippen LogP contribution is -2.16. The van der Waals surface area contributed by atoms with E-state index in [2.05, 4.69) is 38.8 Å². The summed E-state index contributed by atoms with van der Waals surface area (Å²) in [6, 6.07) is 0. The largest absolute Gasteiger partial charge is 0.378 e. The SMILES string of the molecule is CC=C(C)N(C)CCC. The molecule has 0 atom stereocenters. The van der Waals surface area contributed by atoms with Crippen LogP contribution in [0.15, 0.2) is 11.8 Å². The molecule has 0 spiro atoms. The first-order valence-electron chi connectivity index (χ1n) is 3.56. The third-order valence-electron chi connectivity index (χ3n) is 1.58. The average Bonchev–Trinajstić information content (AvgIpc) is 1.87. The summed E-state index contributed by atoms with van der Waals surface area (Å²) < 4.78 is 0. The zero-order valence-electron chi connectivity index (χ0n) is 6.94. The van der Waals surface area contributed by atoms with Crippen molar-refractivity contribution >= 4 is 0 Å². The van der Waals surface area contributed by atoms with Gasteiger partial charge in [-0.25, -0.2) is 0 Å². The second-order valence-electron chi connectivity index (χ2n) is 2.35. The normalized spacial score (nSPS) is 11.8. The number of allylic oxidation sites excluding steroid dienone is 2. The molecule has 0 fully saturated rings. The molecule has 0 aliphatic rings. The lowest BCUT2D eigenvalue weighted by molar-refractivity contribution is 0.417. The summed E-state index contributed by atoms with van der Waals surface area (Å²) in [5.41, 5.74) is 1.36. The minimum Gasteiger partial charge on any atom is -0.378 e. The van der Waals surface area contributed by atoms with Crippen LogP contribution in [0.5, 0.6) is 0 Å². The third kappa shape index (κ3) is 3.17. The van der Waals surface area contributed by atoms with Crippen molar-refractivity contribution in [3.05, 3.63) is 11.8 Å². The Hall–Kier alpha value is -0.460. The van der Waals surface area contributed by atoms with Crippen LogP contribution in [-0.2, 0) is 0 Å². The first-order chi connectivity index (χ1) is 4.22. The van der Waals surface area contributed by atoms with E-state index in [9.17, 15) is 0 Å². The van der Waals surface area contributed by atoms with Crippen LogP contribution in [0.3, 0.4) is 0 Å². The van der Waals surface area contributed by atoms with Gasteiger partial charge in [0.25, 0.3) is 0 Å². The molecule has 0 bridgehead atoms. The molecule has 0 aliphatic heterocycles. The van der Waals surface area contributed by atoms with Crippen molar-refractivity contribution in [2.75, 3.05) is 13.6 Å². The molecule has 0 heterocycles. The Morgan fingerprint density at radius 3 is 2.44 bits per heavy atom. The first kappa shape index (κ1) is 8.54. The van der Waals surface area contributed by atoms with Gasteiger partial charge in [0.2, 0.25) is 0 Å². The smallest absolute Gasteiger partial charge is 0.0168 e. The van der Waals surface area contributed by atoms with Gasteiger partial charge in [-0.2, -0.15) is 0 Å². The Balaban J connectivity index is 3.59. The molecule has 0 rings (SSSR count). The quantitative estimate of drug-likeness (QED) is 0.562. The second-order valence-corrected chi connectivity index (χ2v) is 2.35. The van der Waals surface area contributed by atoms with Gasteiger partial charge in [-0.15, -0.1) is 0 Å². The van der Waals surface area contributed by atoms with Gasteiger partial charge in [-0.05, 0) is 20.3 Å². The second kappa shape index (κ2) is 4.42. The van der Waals surface area contributed by atoms with Crippen LogP contribution >= 0.6 is 0 Å². The fraction of sp³-hybridized carbons (Fsp3) is 0.750. The Labute approximate surface area is 58.4 Å². The molecule has 54 valence electrons. The topological polar surface area (TPSA) is 3.24 Å². The van der Waals surface area contributed by atoms with E-state index < -0.39 is 0 Å². The highest BCUT2D eigenvalue weighted by molar-refractivity contribution is 4.93. The Bertz CT molecular complexity index is 94.7. The van der Waals surface area contributed by atoms with Gasteiger partial charge in [-0.3, -0.25) is 0 Å². The van der Waals surface area contributed by atoms with Crippen molar-refractivity contribution in [3.63, 3.8) is 0 Å². The van der Waals surface area contributed by atoms with Crippen molar-refractivity contribution in [3.8, 4) is 0 Å². The van der Waals surface area contributed by atoms with E-state index in [0.717, 1.165) is 6.54 Å². The molecule has 1 heteroatoms. The number of nitrogens with zero attached hydrogens (tertiary/aromatic N) is 1. The highest BCUT2D eigenvalue weighted by Crippen LogP contribution is 1.98. The third-order valence-corrected chi connectivity index (χ3v) is 1.58. The van der Waals surface area contributed by atoms with Crippen molar-refractivity contribution in [2.45, 2.75) is 27.2 Å². The van der Waals surface area contributed by atoms with Crippen LogP contribution in [0.2, 0.25) is 0 Å². The standard InChI is InChI=1S/C8H17N/c1-5-7-9(4)8(3)6-2/h6H,5,7H2,1-4H3. The van der Waals surface area contributed by atoms with Gasteiger partial charge < -0.3 is 4.90 Å². The summed E-state index contributed by atoms with van der Waals surface area (Å²) in [4.78, 5) is 2.26. The van der Waals surface area contributed by atoms with Gasteiger partial charge >= 0.3 is 0 Å². The average molecular weight is 127 g/mol. The predicted molar refractivity (Wildman–Crippen MR) is 42.4 cm³/mol. The summed E-state index contributed by atoms with van der Waals surface area (Å²) in [5.74, 6) is 0. The summed E-state index contributed by atoms with van der Waals surface area (Å²) >= 11 is 0. The molecule has 0 aromatic rings. The molecule has 1 nitrogen and oxygen atoms in total. The van der Waals surface area contributed by atoms with E-state index in [4.69, 9.17) is 0 Å². The van der Waals surface area contributed by atoms with Crippen LogP contribution in [0.1, 0.15) is 27.2 Å². The Kier molecular flexibility index (Phi) is 4.20. The minimum absolute atomic E-state index is 1.16. The van der Waals surface area contributed by atoms with Gasteiger partial charge in [0.05, 0.1) is 0 Å². The molecule has 0 unspecified atom stereocenters. The maximum Gasteiger partial charge on any atom is 0.0168 e. The fourth-order valence-corrected chi connectivity index (χ4v) is 0.732. The number of hydrogen-bond acceptors (Lipinski definition) is 1. The van der Waals surface area contributed by atoms with E-state index >= 15 is 0 Å². The van der Waals surface area contributed by atoms with Crippen molar-refractivity contribution in [1.29, 1.82) is 0 Å². The molecule has 9 heavy (non-hydrogen) atoms. The molecule has 0 saturated carbocycles. The Morgan fingerprint density at radius 2 is 2.11 bits per heavy atom. The van der Waals surface area contributed by atoms with E-state index in [1.165, 1.54) is 12.1 Å². The van der Waals surface area contributed by atoms with Gasteiger partial charge in [-0.1, -0.05) is 13.0 Å². The lowest BCUT2D eigenvalue weighted by atomic mass is 10.3. The van der Waals surface area contributed by atoms with Crippen LogP contribution < -0.4 is 0 Å². The van der Waals surface area contributed by atoms with Gasteiger partial charge in [0, 0.05) is 19.3 Å². The summed E-state index contributed by atoms with van der Waals surface area (Å²) in [7, 11) is 2.12.